The molecule has 1 aliphatic heterocycles. The molecule has 21 heavy (non-hydrogen) atoms. The summed E-state index contributed by atoms with van der Waals surface area (Å²) in [5.41, 5.74) is 1.36. The van der Waals surface area contributed by atoms with Gasteiger partial charge in [0.1, 0.15) is 0 Å². The molecule has 1 aromatic rings. The lowest BCUT2D eigenvalue weighted by Gasteiger charge is -2.33. The van der Waals surface area contributed by atoms with E-state index in [9.17, 15) is 19.8 Å². The molecule has 1 amide bonds. The van der Waals surface area contributed by atoms with E-state index in [-0.39, 0.29) is 18.9 Å². The number of carbonyl (C=O) groups is 2. The van der Waals surface area contributed by atoms with Crippen LogP contribution in [0.15, 0.2) is 24.3 Å². The lowest BCUT2D eigenvalue weighted by molar-refractivity contribution is -0.136. The number of benzene rings is 1. The number of aliphatic carboxylic acids is 1. The topological polar surface area (TPSA) is 98.1 Å². The van der Waals surface area contributed by atoms with Gasteiger partial charge in [-0.25, -0.2) is 0 Å². The summed E-state index contributed by atoms with van der Waals surface area (Å²) in [6.45, 7) is 0.540. The van der Waals surface area contributed by atoms with Crippen molar-refractivity contribution in [2.75, 3.05) is 13.1 Å². The second-order valence-electron chi connectivity index (χ2n) is 5.27. The van der Waals surface area contributed by atoms with E-state index >= 15 is 0 Å². The monoisotopic (exact) mass is 293 g/mol. The summed E-state index contributed by atoms with van der Waals surface area (Å²) in [7, 11) is 0. The van der Waals surface area contributed by atoms with Crippen molar-refractivity contribution in [2.45, 2.75) is 31.5 Å². The zero-order valence-corrected chi connectivity index (χ0v) is 11.6. The van der Waals surface area contributed by atoms with Crippen molar-refractivity contribution < 1.29 is 24.9 Å². The fraction of sp³-hybridized carbons (Fsp3) is 0.467. The van der Waals surface area contributed by atoms with E-state index in [1.165, 1.54) is 4.90 Å². The van der Waals surface area contributed by atoms with E-state index in [1.54, 1.807) is 24.3 Å². The molecular weight excluding hydrogens is 274 g/mol. The summed E-state index contributed by atoms with van der Waals surface area (Å²) >= 11 is 0. The van der Waals surface area contributed by atoms with Gasteiger partial charge in [0.2, 0.25) is 0 Å². The Labute approximate surface area is 122 Å². The van der Waals surface area contributed by atoms with Gasteiger partial charge in [-0.3, -0.25) is 9.59 Å². The molecule has 1 aromatic carbocycles. The van der Waals surface area contributed by atoms with Crippen LogP contribution in [0.5, 0.6) is 0 Å². The number of aliphatic hydroxyl groups is 2. The summed E-state index contributed by atoms with van der Waals surface area (Å²) in [6.07, 6.45) is -0.823. The van der Waals surface area contributed by atoms with Gasteiger partial charge in [-0.1, -0.05) is 12.1 Å². The number of carbonyl (C=O) groups excluding carboxylic acids is 1. The second-order valence-corrected chi connectivity index (χ2v) is 5.27. The van der Waals surface area contributed by atoms with Crippen molar-refractivity contribution >= 4 is 11.9 Å². The first kappa shape index (κ1) is 15.5. The van der Waals surface area contributed by atoms with Crippen molar-refractivity contribution in [3.63, 3.8) is 0 Å². The number of carboxylic acids is 1. The molecule has 0 aromatic heterocycles. The third-order valence-electron chi connectivity index (χ3n) is 3.66. The molecule has 2 atom stereocenters. The maximum atomic E-state index is 12.3. The zero-order valence-electron chi connectivity index (χ0n) is 11.6. The van der Waals surface area contributed by atoms with Gasteiger partial charge in [0.05, 0.1) is 12.2 Å². The molecule has 1 heterocycles. The van der Waals surface area contributed by atoms with Crippen LogP contribution in [0.25, 0.3) is 0 Å². The Morgan fingerprint density at radius 1 is 1.14 bits per heavy atom. The number of piperidine rings is 1. The minimum absolute atomic E-state index is 0.0590. The SMILES string of the molecule is O=C(O)CCc1ccc(C(=O)N2CC[C@@H](O)[C@@H](O)C2)cc1. The van der Waals surface area contributed by atoms with Gasteiger partial charge >= 0.3 is 5.97 Å². The summed E-state index contributed by atoms with van der Waals surface area (Å²) in [4.78, 5) is 24.3. The van der Waals surface area contributed by atoms with E-state index in [0.717, 1.165) is 5.56 Å². The fourth-order valence-electron chi connectivity index (χ4n) is 2.35. The summed E-state index contributed by atoms with van der Waals surface area (Å²) in [5, 5.41) is 27.7. The predicted octanol–water partition coefficient (Wildman–Crippen LogP) is 0.271. The van der Waals surface area contributed by atoms with Crippen molar-refractivity contribution in [3.8, 4) is 0 Å². The predicted molar refractivity (Wildman–Crippen MR) is 74.9 cm³/mol. The summed E-state index contributed by atoms with van der Waals surface area (Å²) < 4.78 is 0. The third-order valence-corrected chi connectivity index (χ3v) is 3.66. The molecule has 0 bridgehead atoms. The molecule has 6 heteroatoms. The fourth-order valence-corrected chi connectivity index (χ4v) is 2.35. The molecule has 2 rings (SSSR count). The number of aryl methyl sites for hydroxylation is 1. The molecule has 6 nitrogen and oxygen atoms in total. The number of carboxylic acid groups (broad SMARTS) is 1. The Bertz CT molecular complexity index is 513. The minimum atomic E-state index is -0.905. The second kappa shape index (κ2) is 6.69. The molecule has 0 saturated carbocycles. The van der Waals surface area contributed by atoms with E-state index in [1.807, 2.05) is 0 Å². The molecule has 1 saturated heterocycles. The molecule has 0 unspecified atom stereocenters. The van der Waals surface area contributed by atoms with Crippen molar-refractivity contribution in [1.82, 2.24) is 4.90 Å². The average Bonchev–Trinajstić information content (AvgIpc) is 2.48. The summed E-state index contributed by atoms with van der Waals surface area (Å²) in [6, 6.07) is 6.81. The van der Waals surface area contributed by atoms with Crippen LogP contribution in [0, 0.1) is 0 Å². The Morgan fingerprint density at radius 3 is 2.38 bits per heavy atom. The Kier molecular flexibility index (Phi) is 4.93. The van der Waals surface area contributed by atoms with Crippen LogP contribution in [0.1, 0.15) is 28.8 Å². The molecule has 1 aliphatic rings. The van der Waals surface area contributed by atoms with Gasteiger partial charge in [0.25, 0.3) is 5.91 Å². The highest BCUT2D eigenvalue weighted by molar-refractivity contribution is 5.94. The number of nitrogens with zero attached hydrogens (tertiary/aromatic N) is 1. The van der Waals surface area contributed by atoms with E-state index < -0.39 is 18.2 Å². The molecular formula is C15H19NO5. The van der Waals surface area contributed by atoms with Crippen LogP contribution in [-0.4, -0.2) is 57.4 Å². The maximum absolute atomic E-state index is 12.3. The van der Waals surface area contributed by atoms with Gasteiger partial charge in [-0.2, -0.15) is 0 Å². The van der Waals surface area contributed by atoms with Gasteiger partial charge in [-0.15, -0.1) is 0 Å². The van der Waals surface area contributed by atoms with E-state index in [0.29, 0.717) is 24.9 Å². The maximum Gasteiger partial charge on any atom is 0.303 e. The van der Waals surface area contributed by atoms with Gasteiger partial charge in [0, 0.05) is 25.1 Å². The normalized spacial score (nSPS) is 22.1. The summed E-state index contributed by atoms with van der Waals surface area (Å²) in [5.74, 6) is -1.04. The van der Waals surface area contributed by atoms with Crippen LogP contribution >= 0.6 is 0 Å². The van der Waals surface area contributed by atoms with Crippen molar-refractivity contribution in [1.29, 1.82) is 0 Å². The van der Waals surface area contributed by atoms with Crippen molar-refractivity contribution in [3.05, 3.63) is 35.4 Å². The molecule has 0 spiro atoms. The number of likely N-dealkylation sites (tertiary alicyclic amines) is 1. The first-order valence-electron chi connectivity index (χ1n) is 6.93. The number of hydrogen-bond donors (Lipinski definition) is 3. The largest absolute Gasteiger partial charge is 0.481 e. The Hall–Kier alpha value is -1.92. The minimum Gasteiger partial charge on any atom is -0.481 e. The van der Waals surface area contributed by atoms with Crippen LogP contribution in [0.4, 0.5) is 0 Å². The number of aliphatic hydroxyl groups excluding tert-OH is 2. The number of β-amino-alcohol motifs (C(OH)–C–C–N with tert-alkyl or cyclic N) is 1. The average molecular weight is 293 g/mol. The van der Waals surface area contributed by atoms with Crippen molar-refractivity contribution in [2.24, 2.45) is 0 Å². The molecule has 1 fully saturated rings. The first-order chi connectivity index (χ1) is 9.97. The lowest BCUT2D eigenvalue weighted by atomic mass is 10.0. The third kappa shape index (κ3) is 4.03. The smallest absolute Gasteiger partial charge is 0.303 e. The molecule has 0 radical (unpaired) electrons. The highest BCUT2D eigenvalue weighted by Gasteiger charge is 2.29. The number of rotatable bonds is 4. The lowest BCUT2D eigenvalue weighted by Crippen LogP contribution is -2.48. The highest BCUT2D eigenvalue weighted by Crippen LogP contribution is 2.15. The first-order valence-corrected chi connectivity index (χ1v) is 6.93. The van der Waals surface area contributed by atoms with Crippen LogP contribution in [-0.2, 0) is 11.2 Å². The number of amides is 1. The zero-order chi connectivity index (χ0) is 15.4. The molecule has 0 aliphatic carbocycles. The van der Waals surface area contributed by atoms with Crippen LogP contribution < -0.4 is 0 Å². The molecule has 3 N–H and O–H groups in total. The molecule has 114 valence electrons. The van der Waals surface area contributed by atoms with E-state index in [4.69, 9.17) is 5.11 Å². The highest BCUT2D eigenvalue weighted by atomic mass is 16.4. The quantitative estimate of drug-likeness (QED) is 0.740. The number of hydrogen-bond acceptors (Lipinski definition) is 4. The van der Waals surface area contributed by atoms with Crippen LogP contribution in [0.2, 0.25) is 0 Å². The van der Waals surface area contributed by atoms with Gasteiger partial charge in [0.15, 0.2) is 0 Å². The standard InChI is InChI=1S/C15H19NO5/c17-12-7-8-16(9-13(12)18)15(21)11-4-1-10(2-5-11)3-6-14(19)20/h1-2,4-5,12-13,17-18H,3,6-9H2,(H,19,20)/t12-,13+/m1/s1. The van der Waals surface area contributed by atoms with Crippen LogP contribution in [0.3, 0.4) is 0 Å². The van der Waals surface area contributed by atoms with Gasteiger partial charge < -0.3 is 20.2 Å². The van der Waals surface area contributed by atoms with Gasteiger partial charge in [-0.05, 0) is 30.5 Å². The Balaban J connectivity index is 1.98. The Morgan fingerprint density at radius 2 is 1.81 bits per heavy atom. The van der Waals surface area contributed by atoms with E-state index in [2.05, 4.69) is 0 Å².